The second-order valence-electron chi connectivity index (χ2n) is 8.98. The van der Waals surface area contributed by atoms with Crippen LogP contribution in [0.3, 0.4) is 0 Å². The van der Waals surface area contributed by atoms with Crippen LogP contribution in [-0.2, 0) is 14.3 Å². The number of nitrogens with zero attached hydrogens (tertiary/aromatic N) is 1. The van der Waals surface area contributed by atoms with Crippen LogP contribution in [0.5, 0.6) is 0 Å². The second kappa shape index (κ2) is 10.7. The smallest absolute Gasteiger partial charge is 0.307 e. The van der Waals surface area contributed by atoms with Crippen LogP contribution in [0, 0.1) is 18.8 Å². The number of carboxylic acid groups (broad SMARTS) is 1. The van der Waals surface area contributed by atoms with Crippen LogP contribution < -0.4 is 15.5 Å². The van der Waals surface area contributed by atoms with Crippen molar-refractivity contribution < 1.29 is 24.2 Å². The quantitative estimate of drug-likeness (QED) is 0.597. The summed E-state index contributed by atoms with van der Waals surface area (Å²) >= 11 is 0. The summed E-state index contributed by atoms with van der Waals surface area (Å²) in [5.41, 5.74) is 3.42. The number of ether oxygens (including phenoxy) is 1. The number of carboxylic acids is 1. The van der Waals surface area contributed by atoms with Gasteiger partial charge in [0.25, 0.3) is 5.91 Å². The minimum absolute atomic E-state index is 0.274. The molecule has 0 unspecified atom stereocenters. The lowest BCUT2D eigenvalue weighted by atomic mass is 9.78. The number of hydrogen-bond donors (Lipinski definition) is 3. The number of anilines is 3. The monoisotopic (exact) mass is 465 g/mol. The van der Waals surface area contributed by atoms with Gasteiger partial charge in [0.05, 0.1) is 30.6 Å². The van der Waals surface area contributed by atoms with Crippen LogP contribution in [0.25, 0.3) is 0 Å². The maximum absolute atomic E-state index is 13.3. The van der Waals surface area contributed by atoms with Gasteiger partial charge in [-0.05, 0) is 55.7 Å². The first-order valence-electron chi connectivity index (χ1n) is 11.8. The lowest BCUT2D eigenvalue weighted by Crippen LogP contribution is -2.37. The Morgan fingerprint density at radius 2 is 1.65 bits per heavy atom. The van der Waals surface area contributed by atoms with Crippen LogP contribution in [-0.4, -0.2) is 49.2 Å². The Bertz CT molecular complexity index is 1060. The van der Waals surface area contributed by atoms with Gasteiger partial charge in [-0.15, -0.1) is 0 Å². The fraction of sp³-hybridized carbons (Fsp3) is 0.423. The average molecular weight is 466 g/mol. The molecular formula is C26H31N3O5. The molecule has 0 spiro atoms. The molecule has 2 fully saturated rings. The van der Waals surface area contributed by atoms with Gasteiger partial charge in [0.2, 0.25) is 5.91 Å². The summed E-state index contributed by atoms with van der Waals surface area (Å²) in [6.45, 7) is 4.45. The molecule has 4 rings (SSSR count). The van der Waals surface area contributed by atoms with Gasteiger partial charge in [-0.1, -0.05) is 25.0 Å². The highest BCUT2D eigenvalue weighted by molar-refractivity contribution is 6.09. The Balaban J connectivity index is 1.59. The lowest BCUT2D eigenvalue weighted by molar-refractivity contribution is -0.147. The van der Waals surface area contributed by atoms with Crippen molar-refractivity contribution in [3.05, 3.63) is 53.6 Å². The zero-order valence-corrected chi connectivity index (χ0v) is 19.4. The van der Waals surface area contributed by atoms with E-state index in [1.165, 1.54) is 0 Å². The highest BCUT2D eigenvalue weighted by atomic mass is 16.5. The van der Waals surface area contributed by atoms with E-state index in [1.807, 2.05) is 37.3 Å². The molecule has 2 aromatic rings. The number of carbonyl (C=O) groups excluding carboxylic acids is 2. The molecule has 180 valence electrons. The highest BCUT2D eigenvalue weighted by Crippen LogP contribution is 2.32. The van der Waals surface area contributed by atoms with Gasteiger partial charge in [0, 0.05) is 30.2 Å². The van der Waals surface area contributed by atoms with Gasteiger partial charge in [-0.2, -0.15) is 0 Å². The van der Waals surface area contributed by atoms with E-state index in [4.69, 9.17) is 4.74 Å². The summed E-state index contributed by atoms with van der Waals surface area (Å²) in [5, 5.41) is 15.4. The van der Waals surface area contributed by atoms with Crippen molar-refractivity contribution in [1.82, 2.24) is 0 Å². The maximum atomic E-state index is 13.3. The molecule has 1 heterocycles. The van der Waals surface area contributed by atoms with E-state index in [0.29, 0.717) is 56.1 Å². The normalized spacial score (nSPS) is 20.4. The number of amides is 2. The first-order valence-corrected chi connectivity index (χ1v) is 11.8. The Kier molecular flexibility index (Phi) is 7.47. The molecule has 2 amide bonds. The van der Waals surface area contributed by atoms with Crippen molar-refractivity contribution in [2.75, 3.05) is 41.8 Å². The van der Waals surface area contributed by atoms with Crippen molar-refractivity contribution in [2.24, 2.45) is 11.8 Å². The zero-order valence-electron chi connectivity index (χ0n) is 19.4. The fourth-order valence-electron chi connectivity index (χ4n) is 4.77. The molecule has 1 saturated heterocycles. The second-order valence-corrected chi connectivity index (χ2v) is 8.98. The van der Waals surface area contributed by atoms with Gasteiger partial charge in [-0.25, -0.2) is 0 Å². The minimum atomic E-state index is -0.930. The number of rotatable bonds is 6. The van der Waals surface area contributed by atoms with Gasteiger partial charge >= 0.3 is 5.97 Å². The Morgan fingerprint density at radius 3 is 2.35 bits per heavy atom. The molecule has 2 atom stereocenters. The summed E-state index contributed by atoms with van der Waals surface area (Å²) in [6, 6.07) is 12.8. The number of carbonyl (C=O) groups is 3. The van der Waals surface area contributed by atoms with Crippen LogP contribution in [0.4, 0.5) is 17.1 Å². The van der Waals surface area contributed by atoms with Crippen molar-refractivity contribution in [3.8, 4) is 0 Å². The third kappa shape index (κ3) is 5.56. The van der Waals surface area contributed by atoms with Gasteiger partial charge in [0.15, 0.2) is 0 Å². The van der Waals surface area contributed by atoms with Crippen molar-refractivity contribution >= 4 is 34.8 Å². The molecule has 34 heavy (non-hydrogen) atoms. The highest BCUT2D eigenvalue weighted by Gasteiger charge is 2.35. The standard InChI is InChI=1S/C26H31N3O5/c1-17-5-4-6-18(15-17)27-25(31)22-16-19(9-10-23(22)29-11-13-34-14-12-29)28-24(30)20-7-2-3-8-21(20)26(32)33/h4-6,9-10,15-16,20-21H,2-3,7-8,11-14H2,1H3,(H,27,31)(H,28,30)(H,32,33)/t20-,21+/m1/s1. The van der Waals surface area contributed by atoms with Crippen molar-refractivity contribution in [2.45, 2.75) is 32.6 Å². The fourth-order valence-corrected chi connectivity index (χ4v) is 4.77. The van der Waals surface area contributed by atoms with Crippen LogP contribution >= 0.6 is 0 Å². The van der Waals surface area contributed by atoms with Gasteiger partial charge in [0.1, 0.15) is 0 Å². The predicted octanol–water partition coefficient (Wildman–Crippen LogP) is 3.91. The molecule has 8 heteroatoms. The molecule has 1 saturated carbocycles. The van der Waals surface area contributed by atoms with Crippen molar-refractivity contribution in [1.29, 1.82) is 0 Å². The molecule has 0 bridgehead atoms. The van der Waals surface area contributed by atoms with E-state index in [0.717, 1.165) is 24.1 Å². The average Bonchev–Trinajstić information content (AvgIpc) is 2.84. The topological polar surface area (TPSA) is 108 Å². The molecule has 2 aromatic carbocycles. The van der Waals surface area contributed by atoms with Crippen LogP contribution in [0.2, 0.25) is 0 Å². The first kappa shape index (κ1) is 23.8. The summed E-state index contributed by atoms with van der Waals surface area (Å²) in [7, 11) is 0. The largest absolute Gasteiger partial charge is 0.481 e. The van der Waals surface area contributed by atoms with E-state index in [9.17, 15) is 19.5 Å². The van der Waals surface area contributed by atoms with E-state index in [2.05, 4.69) is 15.5 Å². The molecule has 8 nitrogen and oxygen atoms in total. The van der Waals surface area contributed by atoms with Gasteiger partial charge in [-0.3, -0.25) is 14.4 Å². The Labute approximate surface area is 199 Å². The number of benzene rings is 2. The van der Waals surface area contributed by atoms with Crippen LogP contribution in [0.15, 0.2) is 42.5 Å². The Hall–Kier alpha value is -3.39. The number of aliphatic carboxylic acids is 1. The zero-order chi connectivity index (χ0) is 24.1. The summed E-state index contributed by atoms with van der Waals surface area (Å²) in [6.07, 6.45) is 2.71. The predicted molar refractivity (Wildman–Crippen MR) is 130 cm³/mol. The van der Waals surface area contributed by atoms with E-state index >= 15 is 0 Å². The SMILES string of the molecule is Cc1cccc(NC(=O)c2cc(NC(=O)[C@@H]3CCCC[C@@H]3C(=O)O)ccc2N2CCOCC2)c1. The molecule has 1 aliphatic carbocycles. The maximum Gasteiger partial charge on any atom is 0.307 e. The number of nitrogens with one attached hydrogen (secondary N) is 2. The minimum Gasteiger partial charge on any atom is -0.481 e. The third-order valence-corrected chi connectivity index (χ3v) is 6.56. The van der Waals surface area contributed by atoms with Crippen molar-refractivity contribution in [3.63, 3.8) is 0 Å². The van der Waals surface area contributed by atoms with E-state index in [1.54, 1.807) is 12.1 Å². The van der Waals surface area contributed by atoms with Crippen LogP contribution in [0.1, 0.15) is 41.6 Å². The van der Waals surface area contributed by atoms with Gasteiger partial charge < -0.3 is 25.4 Å². The molecular weight excluding hydrogens is 434 g/mol. The first-order chi connectivity index (χ1) is 16.4. The molecule has 1 aliphatic heterocycles. The molecule has 2 aliphatic rings. The lowest BCUT2D eigenvalue weighted by Gasteiger charge is -2.31. The number of aryl methyl sites for hydroxylation is 1. The third-order valence-electron chi connectivity index (χ3n) is 6.56. The summed E-state index contributed by atoms with van der Waals surface area (Å²) in [5.74, 6) is -2.76. The molecule has 3 N–H and O–H groups in total. The number of morpholine rings is 1. The molecule has 0 radical (unpaired) electrons. The Morgan fingerprint density at radius 1 is 0.941 bits per heavy atom. The van der Waals surface area contributed by atoms with E-state index < -0.39 is 17.8 Å². The summed E-state index contributed by atoms with van der Waals surface area (Å²) in [4.78, 5) is 40.0. The van der Waals surface area contributed by atoms with E-state index in [-0.39, 0.29) is 11.8 Å². The molecule has 0 aromatic heterocycles. The summed E-state index contributed by atoms with van der Waals surface area (Å²) < 4.78 is 5.46. The number of hydrogen-bond acceptors (Lipinski definition) is 5.